The summed E-state index contributed by atoms with van der Waals surface area (Å²) < 4.78 is 0. The first-order chi connectivity index (χ1) is 12.2. The summed E-state index contributed by atoms with van der Waals surface area (Å²) in [6.07, 6.45) is 0. The molecule has 0 atom stereocenters. The van der Waals surface area contributed by atoms with Crippen molar-refractivity contribution in [2.75, 3.05) is 0 Å². The number of halogens is 1. The Kier molecular flexibility index (Phi) is 12.1. The molecule has 6 heteroatoms. The fourth-order valence-electron chi connectivity index (χ4n) is 1.98. The molecule has 2 radical (unpaired) electrons. The van der Waals surface area contributed by atoms with Crippen LogP contribution in [0.1, 0.15) is 50.7 Å². The summed E-state index contributed by atoms with van der Waals surface area (Å²) in [6.45, 7) is 8.25. The van der Waals surface area contributed by atoms with Crippen LogP contribution in [-0.4, -0.2) is 43.3 Å². The quantitative estimate of drug-likeness (QED) is 0.389. The third kappa shape index (κ3) is 8.78. The van der Waals surface area contributed by atoms with Crippen molar-refractivity contribution < 1.29 is 19.8 Å². The van der Waals surface area contributed by atoms with E-state index in [9.17, 15) is 9.59 Å². The van der Waals surface area contributed by atoms with Crippen LogP contribution in [0.15, 0.2) is 48.5 Å². The number of rotatable bonds is 2. The van der Waals surface area contributed by atoms with Crippen molar-refractivity contribution in [3.63, 3.8) is 0 Å². The molecule has 0 unspecified atom stereocenters. The fraction of sp³-hybridized carbons (Fsp3) is 0.300. The molecule has 138 valence electrons. The van der Waals surface area contributed by atoms with Gasteiger partial charge in [-0.3, -0.25) is 9.59 Å². The summed E-state index contributed by atoms with van der Waals surface area (Å²) >= 11 is 0.917. The molecule has 0 saturated heterocycles. The van der Waals surface area contributed by atoms with Crippen LogP contribution in [0.25, 0.3) is 0 Å². The molecule has 4 nitrogen and oxygen atoms in total. The van der Waals surface area contributed by atoms with Gasteiger partial charge in [0, 0.05) is 12.1 Å². The van der Waals surface area contributed by atoms with Crippen molar-refractivity contribution in [3.05, 3.63) is 70.5 Å². The molecule has 0 fully saturated rings. The Morgan fingerprint density at radius 3 is 1.31 bits per heavy atom. The van der Waals surface area contributed by atoms with E-state index in [0.29, 0.717) is 11.8 Å². The first-order valence-electron chi connectivity index (χ1n) is 8.15. The van der Waals surface area contributed by atoms with Gasteiger partial charge < -0.3 is 10.2 Å². The Morgan fingerprint density at radius 1 is 0.731 bits per heavy atom. The SMILES string of the molecule is CC(C)c1cccc(=[OH+])c([OH2+])c1.CC(C)c1cccc(=[OH+])c([OH2+])c1.[Cl][Bi+2]. The summed E-state index contributed by atoms with van der Waals surface area (Å²) in [7, 11) is 4.75. The average molecular weight is 577 g/mol. The second kappa shape index (κ2) is 12.8. The molecule has 2 aromatic rings. The Morgan fingerprint density at radius 2 is 1.04 bits per heavy atom. The zero-order valence-electron chi connectivity index (χ0n) is 15.5. The van der Waals surface area contributed by atoms with Crippen LogP contribution < -0.4 is 10.9 Å². The minimum absolute atomic E-state index is 0.0295. The average Bonchev–Trinajstić information content (AvgIpc) is 2.87. The van der Waals surface area contributed by atoms with Crippen LogP contribution >= 0.6 is 8.51 Å². The van der Waals surface area contributed by atoms with Crippen molar-refractivity contribution in [2.45, 2.75) is 39.5 Å². The van der Waals surface area contributed by atoms with Crippen LogP contribution in [0.5, 0.6) is 11.5 Å². The maximum atomic E-state index is 9.20. The van der Waals surface area contributed by atoms with E-state index in [4.69, 9.17) is 18.7 Å². The molecule has 0 bridgehead atoms. The molecule has 2 aromatic carbocycles. The topological polar surface area (TPSA) is 88.6 Å². The third-order valence-electron chi connectivity index (χ3n) is 3.59. The fourth-order valence-corrected chi connectivity index (χ4v) is 1.98. The zero-order chi connectivity index (χ0) is 20.3. The van der Waals surface area contributed by atoms with Gasteiger partial charge in [-0.15, -0.1) is 0 Å². The molecule has 6 N–H and O–H groups in total. The molecular formula is C20H28BiClO4+6. The van der Waals surface area contributed by atoms with E-state index in [1.165, 1.54) is 12.1 Å². The van der Waals surface area contributed by atoms with Gasteiger partial charge >= 0.3 is 54.4 Å². The van der Waals surface area contributed by atoms with Crippen molar-refractivity contribution in [1.82, 2.24) is 0 Å². The van der Waals surface area contributed by atoms with Gasteiger partial charge in [0.25, 0.3) is 0 Å². The van der Waals surface area contributed by atoms with E-state index in [0.717, 1.165) is 34.7 Å². The Labute approximate surface area is 172 Å². The minimum atomic E-state index is 0.0295. The molecule has 0 aliphatic heterocycles. The van der Waals surface area contributed by atoms with Gasteiger partial charge in [-0.25, -0.2) is 0 Å². The number of hydrogen-bond donors (Lipinski definition) is 0. The van der Waals surface area contributed by atoms with Gasteiger partial charge in [0.05, 0.1) is 12.1 Å². The van der Waals surface area contributed by atoms with E-state index in [1.807, 2.05) is 12.1 Å². The van der Waals surface area contributed by atoms with Gasteiger partial charge in [0.2, 0.25) is 0 Å². The van der Waals surface area contributed by atoms with Crippen molar-refractivity contribution in [2.24, 2.45) is 0 Å². The first kappa shape index (κ1) is 24.6. The van der Waals surface area contributed by atoms with Gasteiger partial charge in [0.15, 0.2) is 0 Å². The zero-order valence-corrected chi connectivity index (χ0v) is 19.7. The van der Waals surface area contributed by atoms with E-state index in [2.05, 4.69) is 27.7 Å². The normalized spacial score (nSPS) is 9.65. The van der Waals surface area contributed by atoms with E-state index in [1.54, 1.807) is 24.3 Å². The Hall–Kier alpha value is -1.45. The van der Waals surface area contributed by atoms with Gasteiger partial charge in [0.1, 0.15) is 0 Å². The molecule has 0 saturated carbocycles. The molecule has 0 aliphatic carbocycles. The van der Waals surface area contributed by atoms with Gasteiger partial charge in [-0.05, 0) is 23.0 Å². The summed E-state index contributed by atoms with van der Waals surface area (Å²) in [5.41, 5.74) is 2.20. The maximum absolute atomic E-state index is 9.20. The van der Waals surface area contributed by atoms with Crippen LogP contribution in [0, 0.1) is 0 Å². The second-order valence-corrected chi connectivity index (χ2v) is 6.25. The van der Waals surface area contributed by atoms with Crippen molar-refractivity contribution in [3.8, 4) is 11.5 Å². The van der Waals surface area contributed by atoms with Crippen LogP contribution in [-0.2, 0) is 0 Å². The molecular weight excluding hydrogens is 549 g/mol. The summed E-state index contributed by atoms with van der Waals surface area (Å²) in [4.78, 5) is 18.4. The van der Waals surface area contributed by atoms with Crippen LogP contribution in [0.3, 0.4) is 0 Å². The van der Waals surface area contributed by atoms with E-state index >= 15 is 0 Å². The standard InChI is InChI=1S/2C10H12O2.Bi.ClH/c2*1-7(2)8-4-3-5-9(11)10(12)6-8;;/h2*3-7H,1-2H3,(H,11,12);;1H/q;;+3;/p+3. The molecule has 0 heterocycles. The summed E-state index contributed by atoms with van der Waals surface area (Å²) in [5, 5.41) is 14.8. The molecule has 0 aliphatic rings. The molecule has 0 amide bonds. The predicted molar refractivity (Wildman–Crippen MR) is 109 cm³/mol. The molecule has 26 heavy (non-hydrogen) atoms. The van der Waals surface area contributed by atoms with Crippen molar-refractivity contribution in [1.29, 1.82) is 0 Å². The van der Waals surface area contributed by atoms with Crippen LogP contribution in [0.4, 0.5) is 0 Å². The van der Waals surface area contributed by atoms with Crippen LogP contribution in [0.2, 0.25) is 0 Å². The monoisotopic (exact) mass is 576 g/mol. The third-order valence-corrected chi connectivity index (χ3v) is 3.59. The molecule has 0 spiro atoms. The molecule has 2 rings (SSSR count). The van der Waals surface area contributed by atoms with E-state index < -0.39 is 0 Å². The predicted octanol–water partition coefficient (Wildman–Crippen LogP) is 2.81. The first-order valence-corrected chi connectivity index (χ1v) is 12.4. The van der Waals surface area contributed by atoms with Gasteiger partial charge in [-0.2, -0.15) is 0 Å². The van der Waals surface area contributed by atoms with Crippen molar-refractivity contribution >= 4 is 32.0 Å². The summed E-state index contributed by atoms with van der Waals surface area (Å²) in [5.74, 6) is 1.15. The Balaban J connectivity index is 0.000000439. The second-order valence-electron chi connectivity index (χ2n) is 6.25. The molecule has 0 aromatic heterocycles. The Bertz CT molecular complexity index is 739. The number of hydrogen-bond acceptors (Lipinski definition) is 0. The van der Waals surface area contributed by atoms with Gasteiger partial charge in [-0.1, -0.05) is 52.0 Å². The summed E-state index contributed by atoms with van der Waals surface area (Å²) in [6, 6.07) is 13.8. The van der Waals surface area contributed by atoms with E-state index in [-0.39, 0.29) is 22.4 Å².